The lowest BCUT2D eigenvalue weighted by Gasteiger charge is -2.38. The molecule has 18 heavy (non-hydrogen) atoms. The Kier molecular flexibility index (Phi) is 4.65. The first-order valence-corrected chi connectivity index (χ1v) is 7.32. The predicted octanol–water partition coefficient (Wildman–Crippen LogP) is 3.08. The van der Waals surface area contributed by atoms with Gasteiger partial charge in [-0.25, -0.2) is 0 Å². The maximum absolute atomic E-state index is 6.10. The van der Waals surface area contributed by atoms with E-state index in [4.69, 9.17) is 10.5 Å². The van der Waals surface area contributed by atoms with Gasteiger partial charge in [0.05, 0.1) is 19.3 Å². The van der Waals surface area contributed by atoms with Crippen LogP contribution in [0, 0.1) is 0 Å². The molecule has 0 aliphatic carbocycles. The van der Waals surface area contributed by atoms with Gasteiger partial charge in [0, 0.05) is 22.7 Å². The molecule has 0 saturated carbocycles. The third kappa shape index (κ3) is 2.87. The number of nitrogens with zero attached hydrogens (tertiary/aromatic N) is 1. The molecule has 2 unspecified atom stereocenters. The third-order valence-electron chi connectivity index (χ3n) is 3.49. The molecule has 0 spiro atoms. The monoisotopic (exact) mass is 312 g/mol. The highest BCUT2D eigenvalue weighted by Crippen LogP contribution is 2.31. The molecule has 1 saturated heterocycles. The van der Waals surface area contributed by atoms with Crippen LogP contribution in [0.3, 0.4) is 0 Å². The first-order chi connectivity index (χ1) is 8.63. The first kappa shape index (κ1) is 13.8. The molecule has 1 aliphatic rings. The average Bonchev–Trinajstić information content (AvgIpc) is 2.38. The Morgan fingerprint density at radius 2 is 2.33 bits per heavy atom. The van der Waals surface area contributed by atoms with Gasteiger partial charge in [-0.1, -0.05) is 22.9 Å². The maximum Gasteiger partial charge on any atom is 0.0670 e. The van der Waals surface area contributed by atoms with Crippen molar-refractivity contribution < 1.29 is 4.74 Å². The molecule has 0 radical (unpaired) electrons. The second kappa shape index (κ2) is 6.04. The Bertz CT molecular complexity index is 409. The van der Waals surface area contributed by atoms with Crippen LogP contribution < -0.4 is 10.6 Å². The molecule has 0 aromatic heterocycles. The average molecular weight is 313 g/mol. The Morgan fingerprint density at radius 3 is 3.00 bits per heavy atom. The van der Waals surface area contributed by atoms with Crippen molar-refractivity contribution in [2.75, 3.05) is 24.7 Å². The number of morpholine rings is 1. The van der Waals surface area contributed by atoms with Crippen LogP contribution in [0.5, 0.6) is 0 Å². The third-order valence-corrected chi connectivity index (χ3v) is 3.98. The van der Waals surface area contributed by atoms with E-state index in [0.717, 1.165) is 30.7 Å². The quantitative estimate of drug-likeness (QED) is 0.932. The molecule has 0 bridgehead atoms. The lowest BCUT2D eigenvalue weighted by Crippen LogP contribution is -2.45. The fourth-order valence-electron chi connectivity index (χ4n) is 2.46. The lowest BCUT2D eigenvalue weighted by molar-refractivity contribution is 0.0929. The van der Waals surface area contributed by atoms with Crippen LogP contribution in [0.15, 0.2) is 22.7 Å². The van der Waals surface area contributed by atoms with Crippen molar-refractivity contribution in [1.82, 2.24) is 0 Å². The molecule has 1 heterocycles. The Labute approximate surface area is 117 Å². The lowest BCUT2D eigenvalue weighted by atomic mass is 10.0. The van der Waals surface area contributed by atoms with Crippen molar-refractivity contribution in [3.05, 3.63) is 28.2 Å². The van der Waals surface area contributed by atoms with E-state index in [1.165, 1.54) is 11.3 Å². The van der Waals surface area contributed by atoms with Crippen molar-refractivity contribution in [2.45, 2.75) is 32.4 Å². The van der Waals surface area contributed by atoms with Crippen LogP contribution in [0.1, 0.15) is 31.9 Å². The number of hydrogen-bond acceptors (Lipinski definition) is 3. The van der Waals surface area contributed by atoms with Crippen LogP contribution in [-0.4, -0.2) is 25.8 Å². The van der Waals surface area contributed by atoms with Gasteiger partial charge >= 0.3 is 0 Å². The minimum atomic E-state index is 0.0397. The smallest absolute Gasteiger partial charge is 0.0670 e. The summed E-state index contributed by atoms with van der Waals surface area (Å²) < 4.78 is 6.65. The molecule has 2 atom stereocenters. The summed E-state index contributed by atoms with van der Waals surface area (Å²) in [4.78, 5) is 2.44. The SMILES string of the molecule is CCC1COCCN1c1ccc(Br)cc1C(C)N. The predicted molar refractivity (Wildman–Crippen MR) is 79.0 cm³/mol. The van der Waals surface area contributed by atoms with E-state index in [1.54, 1.807) is 0 Å². The highest BCUT2D eigenvalue weighted by atomic mass is 79.9. The van der Waals surface area contributed by atoms with Gasteiger partial charge in [-0.15, -0.1) is 0 Å². The molecular weight excluding hydrogens is 292 g/mol. The summed E-state index contributed by atoms with van der Waals surface area (Å²) in [5, 5.41) is 0. The van der Waals surface area contributed by atoms with Gasteiger partial charge in [-0.2, -0.15) is 0 Å². The number of hydrogen-bond donors (Lipinski definition) is 1. The summed E-state index contributed by atoms with van der Waals surface area (Å²) >= 11 is 3.52. The summed E-state index contributed by atoms with van der Waals surface area (Å²) in [7, 11) is 0. The Hall–Kier alpha value is -0.580. The van der Waals surface area contributed by atoms with Gasteiger partial charge in [0.15, 0.2) is 0 Å². The molecule has 100 valence electrons. The van der Waals surface area contributed by atoms with E-state index in [1.807, 2.05) is 6.92 Å². The van der Waals surface area contributed by atoms with Crippen molar-refractivity contribution in [3.63, 3.8) is 0 Å². The van der Waals surface area contributed by atoms with E-state index in [-0.39, 0.29) is 6.04 Å². The highest BCUT2D eigenvalue weighted by molar-refractivity contribution is 9.10. The second-order valence-corrected chi connectivity index (χ2v) is 5.74. The van der Waals surface area contributed by atoms with E-state index in [0.29, 0.717) is 6.04 Å². The normalized spacial score (nSPS) is 22.0. The van der Waals surface area contributed by atoms with E-state index < -0.39 is 0 Å². The van der Waals surface area contributed by atoms with Crippen LogP contribution in [0.2, 0.25) is 0 Å². The molecular formula is C14H21BrN2O. The number of benzene rings is 1. The zero-order chi connectivity index (χ0) is 13.1. The summed E-state index contributed by atoms with van der Waals surface area (Å²) in [5.74, 6) is 0. The first-order valence-electron chi connectivity index (χ1n) is 6.53. The highest BCUT2D eigenvalue weighted by Gasteiger charge is 2.24. The minimum Gasteiger partial charge on any atom is -0.377 e. The van der Waals surface area contributed by atoms with E-state index in [2.05, 4.69) is 46.0 Å². The molecule has 0 amide bonds. The number of halogens is 1. The van der Waals surface area contributed by atoms with Crippen LogP contribution >= 0.6 is 15.9 Å². The number of nitrogens with two attached hydrogens (primary N) is 1. The van der Waals surface area contributed by atoms with Crippen LogP contribution in [-0.2, 0) is 4.74 Å². The molecule has 1 aromatic carbocycles. The van der Waals surface area contributed by atoms with Crippen molar-refractivity contribution >= 4 is 21.6 Å². The number of anilines is 1. The largest absolute Gasteiger partial charge is 0.377 e. The zero-order valence-electron chi connectivity index (χ0n) is 11.0. The van der Waals surface area contributed by atoms with E-state index in [9.17, 15) is 0 Å². The molecule has 1 aromatic rings. The molecule has 1 aliphatic heterocycles. The fraction of sp³-hybridized carbons (Fsp3) is 0.571. The molecule has 1 fully saturated rings. The summed E-state index contributed by atoms with van der Waals surface area (Å²) in [6.45, 7) is 6.79. The van der Waals surface area contributed by atoms with Gasteiger partial charge in [0.1, 0.15) is 0 Å². The van der Waals surface area contributed by atoms with Gasteiger partial charge in [0.25, 0.3) is 0 Å². The summed E-state index contributed by atoms with van der Waals surface area (Å²) in [5.41, 5.74) is 8.55. The molecule has 3 nitrogen and oxygen atoms in total. The van der Waals surface area contributed by atoms with Crippen molar-refractivity contribution in [1.29, 1.82) is 0 Å². The standard InChI is InChI=1S/C14H21BrN2O/c1-3-12-9-18-7-6-17(12)14-5-4-11(15)8-13(14)10(2)16/h4-5,8,10,12H,3,6-7,9,16H2,1-2H3. The van der Waals surface area contributed by atoms with Crippen LogP contribution in [0.4, 0.5) is 5.69 Å². The number of rotatable bonds is 3. The Balaban J connectivity index is 2.36. The van der Waals surface area contributed by atoms with Crippen LogP contribution in [0.25, 0.3) is 0 Å². The molecule has 4 heteroatoms. The zero-order valence-corrected chi connectivity index (χ0v) is 12.6. The van der Waals surface area contributed by atoms with Gasteiger partial charge in [0.2, 0.25) is 0 Å². The topological polar surface area (TPSA) is 38.5 Å². The molecule has 2 N–H and O–H groups in total. The van der Waals surface area contributed by atoms with Gasteiger partial charge < -0.3 is 15.4 Å². The summed E-state index contributed by atoms with van der Waals surface area (Å²) in [6, 6.07) is 6.87. The maximum atomic E-state index is 6.10. The van der Waals surface area contributed by atoms with Gasteiger partial charge in [-0.05, 0) is 37.1 Å². The van der Waals surface area contributed by atoms with E-state index >= 15 is 0 Å². The number of ether oxygens (including phenoxy) is 1. The van der Waals surface area contributed by atoms with Crippen molar-refractivity contribution in [3.8, 4) is 0 Å². The summed E-state index contributed by atoms with van der Waals surface area (Å²) in [6.07, 6.45) is 1.09. The molecule has 2 rings (SSSR count). The van der Waals surface area contributed by atoms with Crippen molar-refractivity contribution in [2.24, 2.45) is 5.73 Å². The Morgan fingerprint density at radius 1 is 1.56 bits per heavy atom. The van der Waals surface area contributed by atoms with Gasteiger partial charge in [-0.3, -0.25) is 0 Å². The minimum absolute atomic E-state index is 0.0397. The second-order valence-electron chi connectivity index (χ2n) is 4.82. The fourth-order valence-corrected chi connectivity index (χ4v) is 2.84.